The number of carbonyl (C=O) groups is 2. The average molecular weight is 669 g/mol. The molecule has 7 rings (SSSR count). The molecule has 0 bridgehead atoms. The van der Waals surface area contributed by atoms with E-state index in [-0.39, 0.29) is 17.3 Å². The topological polar surface area (TPSA) is 102 Å². The molecule has 49 heavy (non-hydrogen) atoms. The quantitative estimate of drug-likeness (QED) is 0.162. The molecular formula is C37H38F2N6O4. The number of aryl methyl sites for hydroxylation is 2. The number of benzene rings is 2. The number of nitrogens with one attached hydrogen (secondary N) is 2. The van der Waals surface area contributed by atoms with Gasteiger partial charge >= 0.3 is 0 Å². The van der Waals surface area contributed by atoms with Crippen molar-refractivity contribution in [3.05, 3.63) is 94.6 Å². The number of carbonyl (C=O) groups excluding carboxylic acids is 2. The Morgan fingerprint density at radius 3 is 2.69 bits per heavy atom. The van der Waals surface area contributed by atoms with Gasteiger partial charge in [0.05, 0.1) is 29.0 Å². The lowest BCUT2D eigenvalue weighted by molar-refractivity contribution is -0.112. The highest BCUT2D eigenvalue weighted by Crippen LogP contribution is 2.44. The molecule has 12 heteroatoms. The molecule has 0 unspecified atom stereocenters. The van der Waals surface area contributed by atoms with Crippen molar-refractivity contribution in [1.29, 1.82) is 0 Å². The van der Waals surface area contributed by atoms with Crippen LogP contribution < -0.4 is 15.5 Å². The lowest BCUT2D eigenvalue weighted by Crippen LogP contribution is -2.29. The molecule has 1 atom stereocenters. The molecule has 254 valence electrons. The number of rotatable bonds is 9. The van der Waals surface area contributed by atoms with Crippen LogP contribution in [-0.4, -0.2) is 72.1 Å². The summed E-state index contributed by atoms with van der Waals surface area (Å²) < 4.78 is 45.1. The number of hydrogen-bond donors (Lipinski definition) is 2. The first-order valence-electron chi connectivity index (χ1n) is 16.3. The predicted octanol–water partition coefficient (Wildman–Crippen LogP) is 5.32. The summed E-state index contributed by atoms with van der Waals surface area (Å²) in [5, 5.41) is 5.49. The van der Waals surface area contributed by atoms with Gasteiger partial charge in [0.2, 0.25) is 11.7 Å². The second-order valence-corrected chi connectivity index (χ2v) is 12.7. The van der Waals surface area contributed by atoms with Crippen molar-refractivity contribution in [2.75, 3.05) is 50.7 Å². The minimum absolute atomic E-state index is 0.160. The van der Waals surface area contributed by atoms with E-state index >= 15 is 8.78 Å². The van der Waals surface area contributed by atoms with Crippen LogP contribution in [0.15, 0.2) is 54.7 Å². The standard InChI is InChI=1S/C37H38F2N6O4/c1-21-15-28-34(41-30(20-48-4)44(28)3)36-32(21)25-7-6-12-45-29(18-22(35(25)45)9-13-43(36)2)37(47)23-16-26(38)33(27(39)17-23)42-31(46)8-5-11-40-24-10-14-49-19-24/h5-8,12,15-18,24,40H,9-11,13-14,19-20H2,1-4H3,(H,42,46)/b8-5+/t24-/m0/s1. The maximum atomic E-state index is 15.3. The summed E-state index contributed by atoms with van der Waals surface area (Å²) in [5.41, 5.74) is 7.19. The lowest BCUT2D eigenvalue weighted by Gasteiger charge is -2.27. The molecule has 3 aromatic heterocycles. The highest BCUT2D eigenvalue weighted by molar-refractivity contribution is 6.11. The number of nitrogens with zero attached hydrogens (tertiary/aromatic N) is 4. The Balaban J connectivity index is 1.22. The lowest BCUT2D eigenvalue weighted by atomic mass is 9.93. The van der Waals surface area contributed by atoms with Crippen molar-refractivity contribution in [1.82, 2.24) is 19.3 Å². The first-order valence-corrected chi connectivity index (χ1v) is 16.3. The fraction of sp³-hybridized carbons (Fsp3) is 0.324. The number of imidazole rings is 1. The van der Waals surface area contributed by atoms with Gasteiger partial charge in [-0.1, -0.05) is 12.1 Å². The van der Waals surface area contributed by atoms with Gasteiger partial charge in [-0.15, -0.1) is 0 Å². The van der Waals surface area contributed by atoms with Crippen molar-refractivity contribution in [3.8, 4) is 11.1 Å². The van der Waals surface area contributed by atoms with Crippen LogP contribution >= 0.6 is 0 Å². The Labute approximate surface area is 282 Å². The van der Waals surface area contributed by atoms with E-state index in [1.807, 2.05) is 36.7 Å². The summed E-state index contributed by atoms with van der Waals surface area (Å²) >= 11 is 0. The predicted molar refractivity (Wildman–Crippen MR) is 184 cm³/mol. The molecular weight excluding hydrogens is 630 g/mol. The average Bonchev–Trinajstić information content (AvgIpc) is 3.81. The van der Waals surface area contributed by atoms with Crippen molar-refractivity contribution in [2.45, 2.75) is 32.4 Å². The fourth-order valence-corrected chi connectivity index (χ4v) is 6.99. The van der Waals surface area contributed by atoms with Crippen LogP contribution in [0.2, 0.25) is 0 Å². The summed E-state index contributed by atoms with van der Waals surface area (Å²) in [6, 6.07) is 10.00. The molecule has 10 nitrogen and oxygen atoms in total. The van der Waals surface area contributed by atoms with Crippen LogP contribution in [-0.2, 0) is 34.3 Å². The molecule has 5 heterocycles. The first kappa shape index (κ1) is 32.6. The van der Waals surface area contributed by atoms with Crippen LogP contribution in [0.4, 0.5) is 20.2 Å². The number of fused-ring (bicyclic) bond motifs is 4. The molecule has 0 radical (unpaired) electrons. The zero-order chi connectivity index (χ0) is 34.4. The van der Waals surface area contributed by atoms with Crippen LogP contribution in [0.3, 0.4) is 0 Å². The van der Waals surface area contributed by atoms with E-state index in [1.54, 1.807) is 19.4 Å². The van der Waals surface area contributed by atoms with E-state index in [0.717, 1.165) is 68.9 Å². The van der Waals surface area contributed by atoms with Crippen LogP contribution in [0, 0.1) is 18.6 Å². The second-order valence-electron chi connectivity index (χ2n) is 12.7. The van der Waals surface area contributed by atoms with Crippen LogP contribution in [0.1, 0.15) is 39.4 Å². The normalized spacial score (nSPS) is 16.0. The number of anilines is 2. The van der Waals surface area contributed by atoms with E-state index in [4.69, 9.17) is 14.5 Å². The third-order valence-corrected chi connectivity index (χ3v) is 9.46. The minimum Gasteiger partial charge on any atom is -0.380 e. The minimum atomic E-state index is -1.04. The van der Waals surface area contributed by atoms with Gasteiger partial charge in [-0.3, -0.25) is 9.59 Å². The summed E-state index contributed by atoms with van der Waals surface area (Å²) in [4.78, 5) is 33.6. The van der Waals surface area contributed by atoms with Crippen molar-refractivity contribution in [3.63, 3.8) is 0 Å². The molecule has 0 spiro atoms. The Bertz CT molecular complexity index is 2120. The van der Waals surface area contributed by atoms with E-state index < -0.39 is 29.0 Å². The molecule has 2 aliphatic rings. The Morgan fingerprint density at radius 1 is 1.16 bits per heavy atom. The maximum Gasteiger partial charge on any atom is 0.248 e. The molecule has 2 aliphatic heterocycles. The fourth-order valence-electron chi connectivity index (χ4n) is 6.99. The maximum absolute atomic E-state index is 15.3. The highest BCUT2D eigenvalue weighted by Gasteiger charge is 2.28. The van der Waals surface area contributed by atoms with Crippen LogP contribution in [0.25, 0.3) is 27.7 Å². The molecule has 2 N–H and O–H groups in total. The summed E-state index contributed by atoms with van der Waals surface area (Å²) in [5.74, 6) is -2.47. The van der Waals surface area contributed by atoms with Crippen LogP contribution in [0.5, 0.6) is 0 Å². The molecule has 0 saturated carbocycles. The number of amides is 1. The molecule has 1 fully saturated rings. The van der Waals surface area contributed by atoms with Gasteiger partial charge in [-0.2, -0.15) is 0 Å². The van der Waals surface area contributed by atoms with Gasteiger partial charge in [0.25, 0.3) is 0 Å². The third-order valence-electron chi connectivity index (χ3n) is 9.46. The van der Waals surface area contributed by atoms with E-state index in [1.165, 1.54) is 6.08 Å². The Kier molecular flexibility index (Phi) is 8.78. The number of halogens is 2. The van der Waals surface area contributed by atoms with E-state index in [0.29, 0.717) is 39.3 Å². The zero-order valence-corrected chi connectivity index (χ0v) is 27.9. The largest absolute Gasteiger partial charge is 0.380 e. The summed E-state index contributed by atoms with van der Waals surface area (Å²) in [6.45, 7) is 4.82. The SMILES string of the molecule is COCc1nc2c3c(c(C)cc2n1C)-c1cccn2c(C(=O)c4cc(F)c(NC(=O)/C=C/CN[C@H]5CCOC5)c(F)c4)cc(c12)CCN3C. The number of likely N-dealkylation sites (N-methyl/N-ethyl adjacent to an activating group) is 1. The number of aromatic nitrogens is 3. The smallest absolute Gasteiger partial charge is 0.248 e. The van der Waals surface area contributed by atoms with Crippen molar-refractivity contribution < 1.29 is 27.8 Å². The number of pyridine rings is 1. The van der Waals surface area contributed by atoms with E-state index in [9.17, 15) is 9.59 Å². The van der Waals surface area contributed by atoms with Crippen molar-refractivity contribution in [2.24, 2.45) is 7.05 Å². The Morgan fingerprint density at radius 2 is 1.96 bits per heavy atom. The highest BCUT2D eigenvalue weighted by atomic mass is 19.1. The molecule has 5 aromatic rings. The Hall–Kier alpha value is -4.91. The number of ketones is 1. The van der Waals surface area contributed by atoms with Gasteiger partial charge < -0.3 is 34.0 Å². The monoisotopic (exact) mass is 668 g/mol. The van der Waals surface area contributed by atoms with Gasteiger partial charge in [-0.05, 0) is 61.2 Å². The first-order chi connectivity index (χ1) is 23.7. The summed E-state index contributed by atoms with van der Waals surface area (Å²) in [7, 11) is 5.68. The second kappa shape index (κ2) is 13.2. The van der Waals surface area contributed by atoms with Gasteiger partial charge in [0.15, 0.2) is 0 Å². The molecule has 2 aromatic carbocycles. The van der Waals surface area contributed by atoms with Gasteiger partial charge in [-0.25, -0.2) is 13.8 Å². The van der Waals surface area contributed by atoms with Crippen molar-refractivity contribution >= 4 is 39.6 Å². The third kappa shape index (κ3) is 5.90. The molecule has 1 saturated heterocycles. The van der Waals surface area contributed by atoms with E-state index in [2.05, 4.69) is 33.1 Å². The van der Waals surface area contributed by atoms with Gasteiger partial charge in [0.1, 0.15) is 35.3 Å². The van der Waals surface area contributed by atoms with Gasteiger partial charge in [0, 0.05) is 75.9 Å². The number of methoxy groups -OCH3 is 1. The molecule has 0 aliphatic carbocycles. The summed E-state index contributed by atoms with van der Waals surface area (Å²) in [6.07, 6.45) is 6.11. The zero-order valence-electron chi connectivity index (χ0n) is 27.9. The number of ether oxygens (including phenoxy) is 2. The molecule has 1 amide bonds. The number of hydrogen-bond acceptors (Lipinski definition) is 7.